The Kier molecular flexibility index (Phi) is 6.29. The summed E-state index contributed by atoms with van der Waals surface area (Å²) in [6.45, 7) is 8.83. The highest BCUT2D eigenvalue weighted by molar-refractivity contribution is 5.87. The van der Waals surface area contributed by atoms with Gasteiger partial charge in [-0.15, -0.1) is 0 Å². The number of ether oxygens (including phenoxy) is 1. The van der Waals surface area contributed by atoms with Crippen LogP contribution in [0.1, 0.15) is 86.4 Å². The van der Waals surface area contributed by atoms with Gasteiger partial charge in [0.1, 0.15) is 11.8 Å². The number of H-pyrrole nitrogens is 1. The van der Waals surface area contributed by atoms with Crippen LogP contribution in [0.3, 0.4) is 0 Å². The molecule has 32 heavy (non-hydrogen) atoms. The Morgan fingerprint density at radius 1 is 1.12 bits per heavy atom. The van der Waals surface area contributed by atoms with Crippen LogP contribution in [-0.4, -0.2) is 29.2 Å². The molecular formula is C27H34N2O3. The number of carboxylic acids is 1. The molecule has 0 fully saturated rings. The molecule has 4 rings (SSSR count). The highest BCUT2D eigenvalue weighted by Crippen LogP contribution is 2.42. The van der Waals surface area contributed by atoms with E-state index in [1.165, 1.54) is 11.1 Å². The molecule has 0 bridgehead atoms. The Hall–Kier alpha value is -2.79. The third kappa shape index (κ3) is 3.79. The molecule has 3 N–H and O–H groups in total. The second-order valence-electron chi connectivity index (χ2n) is 9.11. The monoisotopic (exact) mass is 434 g/mol. The molecule has 0 saturated heterocycles. The molecule has 0 radical (unpaired) electrons. The summed E-state index contributed by atoms with van der Waals surface area (Å²) in [4.78, 5) is 15.6. The van der Waals surface area contributed by atoms with Gasteiger partial charge in [0.15, 0.2) is 0 Å². The first kappa shape index (κ1) is 22.4. The number of aliphatic carboxylic acids is 1. The number of carboxylic acid groups (broad SMARTS) is 1. The van der Waals surface area contributed by atoms with Crippen LogP contribution >= 0.6 is 0 Å². The van der Waals surface area contributed by atoms with E-state index in [-0.39, 0.29) is 6.04 Å². The second-order valence-corrected chi connectivity index (χ2v) is 9.11. The van der Waals surface area contributed by atoms with E-state index >= 15 is 0 Å². The SMILES string of the molecule is CCC(C)c1cc(C2NC(C(=O)O)Cc3c2[nH]c2ccccc32)cc(C(C)CC)c1OC. The van der Waals surface area contributed by atoms with Gasteiger partial charge in [0.05, 0.1) is 13.2 Å². The Labute approximate surface area is 190 Å². The molecule has 4 atom stereocenters. The number of aromatic nitrogens is 1. The third-order valence-corrected chi connectivity index (χ3v) is 7.20. The molecule has 0 spiro atoms. The molecular weight excluding hydrogens is 400 g/mol. The van der Waals surface area contributed by atoms with E-state index in [0.717, 1.165) is 46.3 Å². The summed E-state index contributed by atoms with van der Waals surface area (Å²) in [5.41, 5.74) is 6.70. The summed E-state index contributed by atoms with van der Waals surface area (Å²) in [7, 11) is 1.75. The van der Waals surface area contributed by atoms with Crippen LogP contribution in [0, 0.1) is 0 Å². The van der Waals surface area contributed by atoms with Gasteiger partial charge in [-0.25, -0.2) is 0 Å². The molecule has 0 amide bonds. The van der Waals surface area contributed by atoms with Gasteiger partial charge < -0.3 is 14.8 Å². The fourth-order valence-electron chi connectivity index (χ4n) is 4.93. The minimum Gasteiger partial charge on any atom is -0.496 e. The predicted molar refractivity (Wildman–Crippen MR) is 129 cm³/mol. The summed E-state index contributed by atoms with van der Waals surface area (Å²) in [6, 6.07) is 11.7. The van der Waals surface area contributed by atoms with Crippen molar-refractivity contribution >= 4 is 16.9 Å². The van der Waals surface area contributed by atoms with Crippen molar-refractivity contribution in [3.8, 4) is 5.75 Å². The minimum absolute atomic E-state index is 0.219. The van der Waals surface area contributed by atoms with Crippen molar-refractivity contribution < 1.29 is 14.6 Å². The quantitative estimate of drug-likeness (QED) is 0.433. The molecule has 1 aliphatic heterocycles. The van der Waals surface area contributed by atoms with E-state index in [4.69, 9.17) is 4.74 Å². The van der Waals surface area contributed by atoms with Crippen LogP contribution in [0.15, 0.2) is 36.4 Å². The second kappa shape index (κ2) is 8.99. The number of hydrogen-bond donors (Lipinski definition) is 3. The van der Waals surface area contributed by atoms with Gasteiger partial charge in [-0.1, -0.05) is 45.9 Å². The van der Waals surface area contributed by atoms with Crippen molar-refractivity contribution in [3.05, 3.63) is 64.3 Å². The number of para-hydroxylation sites is 1. The van der Waals surface area contributed by atoms with E-state index in [1.807, 2.05) is 12.1 Å². The first-order valence-electron chi connectivity index (χ1n) is 11.7. The maximum Gasteiger partial charge on any atom is 0.321 e. The summed E-state index contributed by atoms with van der Waals surface area (Å²) >= 11 is 0. The summed E-state index contributed by atoms with van der Waals surface area (Å²) in [5.74, 6) is 0.839. The smallest absolute Gasteiger partial charge is 0.321 e. The van der Waals surface area contributed by atoms with Crippen LogP contribution in [0.5, 0.6) is 5.75 Å². The first-order valence-corrected chi connectivity index (χ1v) is 11.7. The lowest BCUT2D eigenvalue weighted by molar-refractivity contribution is -0.139. The van der Waals surface area contributed by atoms with Gasteiger partial charge in [-0.2, -0.15) is 0 Å². The summed E-state index contributed by atoms with van der Waals surface area (Å²) < 4.78 is 5.92. The number of rotatable bonds is 7. The lowest BCUT2D eigenvalue weighted by Gasteiger charge is -2.31. The number of fused-ring (bicyclic) bond motifs is 3. The van der Waals surface area contributed by atoms with Crippen molar-refractivity contribution in [3.63, 3.8) is 0 Å². The Morgan fingerprint density at radius 3 is 2.31 bits per heavy atom. The predicted octanol–water partition coefficient (Wildman–Crippen LogP) is 5.89. The van der Waals surface area contributed by atoms with Gasteiger partial charge in [0.2, 0.25) is 0 Å². The zero-order chi connectivity index (χ0) is 23.0. The number of carbonyl (C=O) groups is 1. The lowest BCUT2D eigenvalue weighted by atomic mass is 9.84. The van der Waals surface area contributed by atoms with Crippen molar-refractivity contribution in [2.45, 2.75) is 70.9 Å². The summed E-state index contributed by atoms with van der Waals surface area (Å²) in [6.07, 6.45) is 2.48. The average molecular weight is 435 g/mol. The average Bonchev–Trinajstić information content (AvgIpc) is 3.20. The number of nitrogens with one attached hydrogen (secondary N) is 2. The van der Waals surface area contributed by atoms with Crippen molar-refractivity contribution in [2.24, 2.45) is 0 Å². The largest absolute Gasteiger partial charge is 0.496 e. The third-order valence-electron chi connectivity index (χ3n) is 7.20. The molecule has 4 unspecified atom stereocenters. The molecule has 170 valence electrons. The molecule has 0 saturated carbocycles. The van der Waals surface area contributed by atoms with E-state index in [1.54, 1.807) is 7.11 Å². The van der Waals surface area contributed by atoms with E-state index in [9.17, 15) is 9.90 Å². The minimum atomic E-state index is -0.816. The topological polar surface area (TPSA) is 74.4 Å². The van der Waals surface area contributed by atoms with Gasteiger partial charge in [-0.3, -0.25) is 10.1 Å². The molecule has 1 aliphatic rings. The van der Waals surface area contributed by atoms with Crippen LogP contribution in [-0.2, 0) is 11.2 Å². The first-order chi connectivity index (χ1) is 15.4. The Balaban J connectivity index is 1.94. The molecule has 3 aromatic rings. The highest BCUT2D eigenvalue weighted by atomic mass is 16.5. The Morgan fingerprint density at radius 2 is 1.75 bits per heavy atom. The number of methoxy groups -OCH3 is 1. The molecule has 1 aromatic heterocycles. The van der Waals surface area contributed by atoms with Gasteiger partial charge >= 0.3 is 5.97 Å². The van der Waals surface area contributed by atoms with Crippen molar-refractivity contribution in [1.29, 1.82) is 0 Å². The molecule has 5 nitrogen and oxygen atoms in total. The van der Waals surface area contributed by atoms with Gasteiger partial charge in [0.25, 0.3) is 0 Å². The molecule has 2 heterocycles. The molecule has 5 heteroatoms. The fraction of sp³-hybridized carbons (Fsp3) is 0.444. The van der Waals surface area contributed by atoms with Crippen LogP contribution in [0.2, 0.25) is 0 Å². The van der Waals surface area contributed by atoms with Gasteiger partial charge in [0, 0.05) is 23.0 Å². The van der Waals surface area contributed by atoms with Crippen LogP contribution in [0.25, 0.3) is 10.9 Å². The van der Waals surface area contributed by atoms with E-state index < -0.39 is 12.0 Å². The maximum absolute atomic E-state index is 12.0. The van der Waals surface area contributed by atoms with E-state index in [0.29, 0.717) is 18.3 Å². The standard InChI is InChI=1S/C27H34N2O3/c1-6-15(3)19-12-17(13-20(16(4)7-2)26(19)32-5)24-25-21(14-23(29-24)27(30)31)18-10-8-9-11-22(18)28-25/h8-13,15-16,23-24,28-29H,6-7,14H2,1-5H3,(H,30,31). The lowest BCUT2D eigenvalue weighted by Crippen LogP contribution is -2.45. The normalized spacial score (nSPS) is 20.0. The van der Waals surface area contributed by atoms with Crippen molar-refractivity contribution in [1.82, 2.24) is 10.3 Å². The van der Waals surface area contributed by atoms with Crippen LogP contribution < -0.4 is 10.1 Å². The zero-order valence-corrected chi connectivity index (χ0v) is 19.7. The number of hydrogen-bond acceptors (Lipinski definition) is 3. The van der Waals surface area contributed by atoms with E-state index in [2.05, 4.69) is 62.3 Å². The number of benzene rings is 2. The maximum atomic E-state index is 12.0. The zero-order valence-electron chi connectivity index (χ0n) is 19.7. The summed E-state index contributed by atoms with van der Waals surface area (Å²) in [5, 5.41) is 14.4. The molecule has 2 aromatic carbocycles. The highest BCUT2D eigenvalue weighted by Gasteiger charge is 2.35. The van der Waals surface area contributed by atoms with Gasteiger partial charge in [-0.05, 0) is 65.1 Å². The Bertz CT molecular complexity index is 1100. The molecule has 0 aliphatic carbocycles. The van der Waals surface area contributed by atoms with Crippen LogP contribution in [0.4, 0.5) is 0 Å². The van der Waals surface area contributed by atoms with Crippen molar-refractivity contribution in [2.75, 3.05) is 7.11 Å². The fourth-order valence-corrected chi connectivity index (χ4v) is 4.93. The number of aromatic amines is 1.